The standard InChI is InChI=1S/C21H21ClN2O10S3/c1-11-16(36(29,30)31)9-15(25)19-14(23)8-17(37(32,33)34)20(18(11)19)24-21(26)13-4-2-12(3-5-13)10-35(27,28)7-6-22/h2-5,8-9,25H,6-7,10,23H2,1H3,(H,24,26)(H,29,30,31)(H,32,33,34). The van der Waals surface area contributed by atoms with Crippen molar-refractivity contribution in [2.24, 2.45) is 0 Å². The quantitative estimate of drug-likeness (QED) is 0.145. The van der Waals surface area contributed by atoms with E-state index in [1.807, 2.05) is 0 Å². The van der Waals surface area contributed by atoms with Gasteiger partial charge in [-0.25, -0.2) is 8.42 Å². The van der Waals surface area contributed by atoms with Crippen LogP contribution in [0.25, 0.3) is 10.8 Å². The van der Waals surface area contributed by atoms with Crippen LogP contribution >= 0.6 is 11.6 Å². The van der Waals surface area contributed by atoms with Crippen LogP contribution in [0.3, 0.4) is 0 Å². The molecule has 0 spiro atoms. The average molecular weight is 593 g/mol. The molecule has 12 nitrogen and oxygen atoms in total. The van der Waals surface area contributed by atoms with Gasteiger partial charge in [0.05, 0.1) is 17.2 Å². The van der Waals surface area contributed by atoms with Crippen LogP contribution in [0, 0.1) is 6.92 Å². The van der Waals surface area contributed by atoms with Gasteiger partial charge in [0.1, 0.15) is 15.5 Å². The number of nitrogen functional groups attached to an aromatic ring is 1. The highest BCUT2D eigenvalue weighted by Crippen LogP contribution is 2.43. The van der Waals surface area contributed by atoms with E-state index in [-0.39, 0.29) is 45.0 Å². The number of benzene rings is 3. The summed E-state index contributed by atoms with van der Waals surface area (Å²) < 4.78 is 91.2. The van der Waals surface area contributed by atoms with E-state index in [0.29, 0.717) is 11.6 Å². The predicted molar refractivity (Wildman–Crippen MR) is 137 cm³/mol. The Bertz CT molecular complexity index is 1730. The van der Waals surface area contributed by atoms with E-state index in [0.717, 1.165) is 6.07 Å². The molecular weight excluding hydrogens is 572 g/mol. The molecule has 6 N–H and O–H groups in total. The van der Waals surface area contributed by atoms with Gasteiger partial charge in [-0.2, -0.15) is 16.8 Å². The van der Waals surface area contributed by atoms with Crippen LogP contribution in [-0.4, -0.2) is 57.0 Å². The van der Waals surface area contributed by atoms with Crippen LogP contribution in [0.15, 0.2) is 46.2 Å². The van der Waals surface area contributed by atoms with Gasteiger partial charge >= 0.3 is 0 Å². The Kier molecular flexibility index (Phi) is 7.79. The number of aromatic hydroxyl groups is 1. The number of rotatable bonds is 8. The molecule has 0 fully saturated rings. The third-order valence-corrected chi connectivity index (χ3v) is 9.25. The summed E-state index contributed by atoms with van der Waals surface area (Å²) >= 11 is 5.48. The van der Waals surface area contributed by atoms with Crippen LogP contribution in [-0.2, 0) is 35.8 Å². The Labute approximate surface area is 217 Å². The first-order valence-electron chi connectivity index (χ1n) is 10.2. The number of hydrogen-bond acceptors (Lipinski definition) is 9. The molecule has 37 heavy (non-hydrogen) atoms. The van der Waals surface area contributed by atoms with Crippen molar-refractivity contribution in [2.75, 3.05) is 22.7 Å². The average Bonchev–Trinajstić information content (AvgIpc) is 2.75. The van der Waals surface area contributed by atoms with Crippen LogP contribution in [0.1, 0.15) is 21.5 Å². The van der Waals surface area contributed by atoms with Crippen LogP contribution in [0.5, 0.6) is 5.75 Å². The topological polar surface area (TPSA) is 218 Å². The summed E-state index contributed by atoms with van der Waals surface area (Å²) in [4.78, 5) is 11.3. The zero-order valence-electron chi connectivity index (χ0n) is 19.0. The fourth-order valence-corrected chi connectivity index (χ4v) is 6.96. The zero-order valence-corrected chi connectivity index (χ0v) is 22.2. The van der Waals surface area contributed by atoms with Gasteiger partial charge in [0.2, 0.25) is 0 Å². The lowest BCUT2D eigenvalue weighted by Gasteiger charge is -2.18. The third-order valence-electron chi connectivity index (χ3n) is 5.38. The summed E-state index contributed by atoms with van der Waals surface area (Å²) in [5, 5.41) is 12.1. The van der Waals surface area contributed by atoms with Crippen molar-refractivity contribution in [2.45, 2.75) is 22.5 Å². The number of phenolic OH excluding ortho intramolecular Hbond substituents is 1. The maximum atomic E-state index is 13.0. The van der Waals surface area contributed by atoms with E-state index < -0.39 is 57.2 Å². The lowest BCUT2D eigenvalue weighted by atomic mass is 10.0. The monoisotopic (exact) mass is 592 g/mol. The Balaban J connectivity index is 2.19. The molecule has 3 rings (SSSR count). The summed E-state index contributed by atoms with van der Waals surface area (Å²) in [6.07, 6.45) is 0. The molecule has 0 heterocycles. The second-order valence-corrected chi connectivity index (χ2v) is 13.3. The number of anilines is 2. The van der Waals surface area contributed by atoms with Crippen molar-refractivity contribution in [3.05, 3.63) is 53.1 Å². The molecule has 0 atom stereocenters. The second kappa shape index (κ2) is 10.1. The Morgan fingerprint density at radius 3 is 2.03 bits per heavy atom. The molecule has 0 bridgehead atoms. The van der Waals surface area contributed by atoms with Crippen molar-refractivity contribution >= 4 is 69.7 Å². The molecule has 200 valence electrons. The first kappa shape index (κ1) is 28.6. The maximum Gasteiger partial charge on any atom is 0.296 e. The minimum absolute atomic E-state index is 0.0578. The van der Waals surface area contributed by atoms with Crippen molar-refractivity contribution < 1.29 is 44.3 Å². The number of phenols is 1. The summed E-state index contributed by atoms with van der Waals surface area (Å²) in [6, 6.07) is 6.73. The summed E-state index contributed by atoms with van der Waals surface area (Å²) in [6.45, 7) is 1.17. The number of aryl methyl sites for hydroxylation is 1. The molecule has 0 saturated heterocycles. The number of hydrogen-bond donors (Lipinski definition) is 5. The number of sulfone groups is 1. The molecule has 1 amide bonds. The first-order valence-corrected chi connectivity index (χ1v) is 15.4. The van der Waals surface area contributed by atoms with Crippen molar-refractivity contribution in [1.29, 1.82) is 0 Å². The molecule has 0 aliphatic carbocycles. The van der Waals surface area contributed by atoms with E-state index in [4.69, 9.17) is 17.3 Å². The highest BCUT2D eigenvalue weighted by Gasteiger charge is 2.28. The van der Waals surface area contributed by atoms with E-state index in [9.17, 15) is 44.3 Å². The molecule has 0 aliphatic rings. The number of carbonyl (C=O) groups excluding carboxylic acids is 1. The highest BCUT2D eigenvalue weighted by atomic mass is 35.5. The van der Waals surface area contributed by atoms with Crippen molar-refractivity contribution in [3.8, 4) is 5.75 Å². The number of nitrogens with two attached hydrogens (primary N) is 1. The van der Waals surface area contributed by atoms with Gasteiger partial charge in [0, 0.05) is 34.0 Å². The van der Waals surface area contributed by atoms with Gasteiger partial charge in [-0.15, -0.1) is 11.6 Å². The molecular formula is C21H21ClN2O10S3. The normalized spacial score (nSPS) is 12.5. The van der Waals surface area contributed by atoms with Crippen LogP contribution in [0.2, 0.25) is 0 Å². The molecule has 0 aromatic heterocycles. The Morgan fingerprint density at radius 2 is 1.51 bits per heavy atom. The predicted octanol–water partition coefficient (Wildman–Crippen LogP) is 2.34. The number of amides is 1. The summed E-state index contributed by atoms with van der Waals surface area (Å²) in [5.74, 6) is -2.32. The molecule has 0 aliphatic heterocycles. The molecule has 3 aromatic carbocycles. The molecule has 0 radical (unpaired) electrons. The van der Waals surface area contributed by atoms with Crippen molar-refractivity contribution in [1.82, 2.24) is 0 Å². The summed E-state index contributed by atoms with van der Waals surface area (Å²) in [5.41, 5.74) is 4.91. The lowest BCUT2D eigenvalue weighted by molar-refractivity contribution is 0.102. The number of fused-ring (bicyclic) bond motifs is 1. The van der Waals surface area contributed by atoms with Crippen LogP contribution in [0.4, 0.5) is 11.4 Å². The molecule has 3 aromatic rings. The van der Waals surface area contributed by atoms with Crippen molar-refractivity contribution in [3.63, 3.8) is 0 Å². The van der Waals surface area contributed by atoms with E-state index in [1.54, 1.807) is 0 Å². The molecule has 16 heteroatoms. The number of nitrogens with one attached hydrogen (secondary N) is 1. The second-order valence-electron chi connectivity index (χ2n) is 7.99. The largest absolute Gasteiger partial charge is 0.507 e. The van der Waals surface area contributed by atoms with Gasteiger partial charge in [-0.3, -0.25) is 13.9 Å². The zero-order chi connectivity index (χ0) is 27.9. The van der Waals surface area contributed by atoms with Crippen LogP contribution < -0.4 is 11.1 Å². The van der Waals surface area contributed by atoms with Gasteiger partial charge in [0.25, 0.3) is 26.1 Å². The van der Waals surface area contributed by atoms with E-state index in [2.05, 4.69) is 5.32 Å². The highest BCUT2D eigenvalue weighted by molar-refractivity contribution is 7.90. The maximum absolute atomic E-state index is 13.0. The first-order chi connectivity index (χ1) is 17.0. The number of halogens is 1. The third kappa shape index (κ3) is 6.14. The fraction of sp³-hybridized carbons (Fsp3) is 0.190. The minimum Gasteiger partial charge on any atom is -0.507 e. The number of carbonyl (C=O) groups is 1. The SMILES string of the molecule is Cc1c(S(=O)(=O)O)cc(O)c2c(N)cc(S(=O)(=O)O)c(NC(=O)c3ccc(CS(=O)(=O)CCCl)cc3)c12. The minimum atomic E-state index is -5.05. The fourth-order valence-electron chi connectivity index (χ4n) is 3.73. The smallest absolute Gasteiger partial charge is 0.296 e. The Hall–Kier alpha value is -2.95. The summed E-state index contributed by atoms with van der Waals surface area (Å²) in [7, 11) is -13.4. The Morgan fingerprint density at radius 1 is 0.946 bits per heavy atom. The lowest BCUT2D eigenvalue weighted by Crippen LogP contribution is -2.17. The molecule has 0 saturated carbocycles. The van der Waals surface area contributed by atoms with Gasteiger partial charge < -0.3 is 16.2 Å². The van der Waals surface area contributed by atoms with Gasteiger partial charge in [-0.1, -0.05) is 12.1 Å². The van der Waals surface area contributed by atoms with Gasteiger partial charge in [-0.05, 0) is 36.2 Å². The number of alkyl halides is 1. The van der Waals surface area contributed by atoms with Gasteiger partial charge in [0.15, 0.2) is 9.84 Å². The van der Waals surface area contributed by atoms with E-state index >= 15 is 0 Å². The van der Waals surface area contributed by atoms with E-state index in [1.165, 1.54) is 31.2 Å². The molecule has 0 unspecified atom stereocenters.